The first-order valence-corrected chi connectivity index (χ1v) is 12.1. The van der Waals surface area contributed by atoms with Crippen LogP contribution in [-0.2, 0) is 9.84 Å². The standard InChI is InChI=1S/C22H27N3O4S/c1-16(13-14-30(2,27)28)24-21(26)19-15-23-20(17-9-5-3-6-10-17)25-22(19)29-18-11-7-4-8-12-18/h4,7-8,11-17H,3,5-6,9-10H2,1-2H3,(H,24,26)/b14-13+/t16-/m0/s1. The molecule has 0 radical (unpaired) electrons. The van der Waals surface area contributed by atoms with Crippen LogP contribution in [0.2, 0.25) is 0 Å². The molecule has 7 nitrogen and oxygen atoms in total. The van der Waals surface area contributed by atoms with Crippen LogP contribution in [-0.4, -0.2) is 36.6 Å². The number of hydrogen-bond acceptors (Lipinski definition) is 6. The Bertz CT molecular complexity index is 1000. The van der Waals surface area contributed by atoms with Gasteiger partial charge >= 0.3 is 0 Å². The number of para-hydroxylation sites is 1. The first kappa shape index (κ1) is 22.0. The van der Waals surface area contributed by atoms with Crippen molar-refractivity contribution in [2.75, 3.05) is 6.26 Å². The molecule has 160 valence electrons. The lowest BCUT2D eigenvalue weighted by atomic mass is 9.88. The Kier molecular flexibility index (Phi) is 7.20. The molecule has 0 spiro atoms. The van der Waals surface area contributed by atoms with Crippen molar-refractivity contribution in [1.29, 1.82) is 0 Å². The van der Waals surface area contributed by atoms with E-state index < -0.39 is 21.8 Å². The van der Waals surface area contributed by atoms with Gasteiger partial charge in [-0.05, 0) is 31.9 Å². The van der Waals surface area contributed by atoms with Crippen molar-refractivity contribution >= 4 is 15.7 Å². The summed E-state index contributed by atoms with van der Waals surface area (Å²) < 4.78 is 28.5. The fraction of sp³-hybridized carbons (Fsp3) is 0.409. The van der Waals surface area contributed by atoms with Gasteiger partial charge in [-0.25, -0.2) is 13.4 Å². The third-order valence-electron chi connectivity index (χ3n) is 4.92. The molecular weight excluding hydrogens is 402 g/mol. The molecule has 0 unspecified atom stereocenters. The number of hydrogen-bond donors (Lipinski definition) is 1. The Morgan fingerprint density at radius 1 is 1.20 bits per heavy atom. The highest BCUT2D eigenvalue weighted by atomic mass is 32.2. The second-order valence-corrected chi connectivity index (χ2v) is 9.55. The van der Waals surface area contributed by atoms with Gasteiger partial charge in [0.25, 0.3) is 5.91 Å². The number of nitrogens with one attached hydrogen (secondary N) is 1. The molecule has 1 aromatic heterocycles. The van der Waals surface area contributed by atoms with E-state index in [0.717, 1.165) is 37.3 Å². The molecule has 30 heavy (non-hydrogen) atoms. The van der Waals surface area contributed by atoms with Crippen molar-refractivity contribution in [3.8, 4) is 11.6 Å². The molecule has 1 aliphatic carbocycles. The van der Waals surface area contributed by atoms with Crippen molar-refractivity contribution in [3.05, 3.63) is 59.4 Å². The van der Waals surface area contributed by atoms with Crippen LogP contribution < -0.4 is 10.1 Å². The molecule has 0 saturated heterocycles. The zero-order chi connectivity index (χ0) is 21.6. The van der Waals surface area contributed by atoms with Crippen LogP contribution >= 0.6 is 0 Å². The van der Waals surface area contributed by atoms with Gasteiger partial charge in [-0.3, -0.25) is 4.79 Å². The fourth-order valence-electron chi connectivity index (χ4n) is 3.36. The quantitative estimate of drug-likeness (QED) is 0.714. The van der Waals surface area contributed by atoms with Crippen LogP contribution in [0.1, 0.15) is 61.1 Å². The van der Waals surface area contributed by atoms with Gasteiger partial charge in [0.05, 0.1) is 0 Å². The van der Waals surface area contributed by atoms with E-state index in [-0.39, 0.29) is 17.4 Å². The Hall–Kier alpha value is -2.74. The lowest BCUT2D eigenvalue weighted by Crippen LogP contribution is -2.32. The molecular formula is C22H27N3O4S. The number of amides is 1. The minimum absolute atomic E-state index is 0.202. The van der Waals surface area contributed by atoms with E-state index in [4.69, 9.17) is 4.74 Å². The van der Waals surface area contributed by atoms with E-state index in [2.05, 4.69) is 15.3 Å². The van der Waals surface area contributed by atoms with Gasteiger partial charge in [0.2, 0.25) is 5.88 Å². The molecule has 1 atom stereocenters. The maximum absolute atomic E-state index is 12.8. The molecule has 1 fully saturated rings. The average molecular weight is 430 g/mol. The second kappa shape index (κ2) is 9.84. The summed E-state index contributed by atoms with van der Waals surface area (Å²) in [6.45, 7) is 1.69. The third kappa shape index (κ3) is 6.38. The largest absolute Gasteiger partial charge is 0.438 e. The summed E-state index contributed by atoms with van der Waals surface area (Å²) in [7, 11) is -3.27. The minimum atomic E-state index is -3.27. The Morgan fingerprint density at radius 3 is 2.57 bits per heavy atom. The van der Waals surface area contributed by atoms with Crippen LogP contribution in [0.25, 0.3) is 0 Å². The molecule has 1 aromatic carbocycles. The monoisotopic (exact) mass is 429 g/mol. The number of ether oxygens (including phenoxy) is 1. The number of sulfone groups is 1. The SMILES string of the molecule is C[C@@H](/C=C/S(C)(=O)=O)NC(=O)c1cnc(C2CCCCC2)nc1Oc1ccccc1. The number of carbonyl (C=O) groups excluding carboxylic acids is 1. The van der Waals surface area contributed by atoms with Gasteiger partial charge in [-0.1, -0.05) is 43.5 Å². The molecule has 1 saturated carbocycles. The fourth-order valence-corrected chi connectivity index (χ4v) is 3.88. The van der Waals surface area contributed by atoms with Gasteiger partial charge in [-0.15, -0.1) is 0 Å². The van der Waals surface area contributed by atoms with E-state index in [1.807, 2.05) is 18.2 Å². The second-order valence-electron chi connectivity index (χ2n) is 7.62. The highest BCUT2D eigenvalue weighted by Crippen LogP contribution is 2.32. The zero-order valence-corrected chi connectivity index (χ0v) is 18.1. The summed E-state index contributed by atoms with van der Waals surface area (Å²) in [5.74, 6) is 1.31. The highest BCUT2D eigenvalue weighted by molar-refractivity contribution is 7.93. The first-order valence-electron chi connectivity index (χ1n) is 10.1. The van der Waals surface area contributed by atoms with E-state index in [1.54, 1.807) is 19.1 Å². The van der Waals surface area contributed by atoms with Crippen molar-refractivity contribution < 1.29 is 17.9 Å². The normalized spacial score (nSPS) is 16.3. The van der Waals surface area contributed by atoms with Crippen molar-refractivity contribution in [2.24, 2.45) is 0 Å². The number of aromatic nitrogens is 2. The van der Waals surface area contributed by atoms with Gasteiger partial charge < -0.3 is 10.1 Å². The summed E-state index contributed by atoms with van der Waals surface area (Å²) in [5.41, 5.74) is 0.206. The molecule has 3 rings (SSSR count). The molecule has 8 heteroatoms. The number of rotatable bonds is 7. The van der Waals surface area contributed by atoms with E-state index >= 15 is 0 Å². The summed E-state index contributed by atoms with van der Waals surface area (Å²) in [6, 6.07) is 8.66. The first-order chi connectivity index (χ1) is 14.3. The predicted molar refractivity (Wildman–Crippen MR) is 115 cm³/mol. The third-order valence-corrected chi connectivity index (χ3v) is 5.57. The summed E-state index contributed by atoms with van der Waals surface area (Å²) >= 11 is 0. The Labute approximate surface area is 177 Å². The highest BCUT2D eigenvalue weighted by Gasteiger charge is 2.23. The van der Waals surface area contributed by atoms with Crippen LogP contribution in [0.4, 0.5) is 0 Å². The van der Waals surface area contributed by atoms with Gasteiger partial charge in [0.15, 0.2) is 9.84 Å². The Morgan fingerprint density at radius 2 is 1.90 bits per heavy atom. The molecule has 2 aromatic rings. The maximum atomic E-state index is 12.8. The molecule has 1 aliphatic rings. The molecule has 1 heterocycles. The summed E-state index contributed by atoms with van der Waals surface area (Å²) in [4.78, 5) is 21.9. The minimum Gasteiger partial charge on any atom is -0.438 e. The van der Waals surface area contributed by atoms with Crippen LogP contribution in [0, 0.1) is 0 Å². The van der Waals surface area contributed by atoms with Crippen LogP contribution in [0.15, 0.2) is 48.0 Å². The number of benzene rings is 1. The number of nitrogens with zero attached hydrogens (tertiary/aromatic N) is 2. The van der Waals surface area contributed by atoms with E-state index in [9.17, 15) is 13.2 Å². The zero-order valence-electron chi connectivity index (χ0n) is 17.2. The molecule has 1 N–H and O–H groups in total. The number of carbonyl (C=O) groups is 1. The smallest absolute Gasteiger partial charge is 0.258 e. The van der Waals surface area contributed by atoms with Crippen molar-refractivity contribution in [2.45, 2.75) is 51.0 Å². The van der Waals surface area contributed by atoms with Crippen LogP contribution in [0.5, 0.6) is 11.6 Å². The summed E-state index contributed by atoms with van der Waals surface area (Å²) in [5, 5.41) is 3.82. The van der Waals surface area contributed by atoms with Gasteiger partial charge in [0, 0.05) is 29.8 Å². The molecule has 1 amide bonds. The molecule has 0 aliphatic heterocycles. The predicted octanol–water partition coefficient (Wildman–Crippen LogP) is 3.99. The Balaban J connectivity index is 1.85. The van der Waals surface area contributed by atoms with Gasteiger partial charge in [-0.2, -0.15) is 4.98 Å². The summed E-state index contributed by atoms with van der Waals surface area (Å²) in [6.07, 6.45) is 9.60. The lowest BCUT2D eigenvalue weighted by Gasteiger charge is -2.21. The van der Waals surface area contributed by atoms with E-state index in [0.29, 0.717) is 11.6 Å². The topological polar surface area (TPSA) is 98.2 Å². The van der Waals surface area contributed by atoms with Crippen LogP contribution in [0.3, 0.4) is 0 Å². The maximum Gasteiger partial charge on any atom is 0.258 e. The van der Waals surface area contributed by atoms with Gasteiger partial charge in [0.1, 0.15) is 17.1 Å². The lowest BCUT2D eigenvalue weighted by molar-refractivity contribution is 0.0943. The molecule has 0 bridgehead atoms. The van der Waals surface area contributed by atoms with E-state index in [1.165, 1.54) is 18.7 Å². The van der Waals surface area contributed by atoms with Crippen molar-refractivity contribution in [3.63, 3.8) is 0 Å². The average Bonchev–Trinajstić information content (AvgIpc) is 2.73. The van der Waals surface area contributed by atoms with Crippen molar-refractivity contribution in [1.82, 2.24) is 15.3 Å².